The van der Waals surface area contributed by atoms with Crippen molar-refractivity contribution < 1.29 is 0 Å². The molecule has 3 heteroatoms. The average molecular weight is 262 g/mol. The molecule has 0 spiro atoms. The van der Waals surface area contributed by atoms with Crippen molar-refractivity contribution in [2.24, 2.45) is 0 Å². The zero-order chi connectivity index (χ0) is 13.2. The van der Waals surface area contributed by atoms with E-state index in [2.05, 4.69) is 30.6 Å². The van der Waals surface area contributed by atoms with Crippen molar-refractivity contribution in [2.45, 2.75) is 32.2 Å². The predicted molar refractivity (Wildman–Crippen MR) is 79.8 cm³/mol. The molecule has 0 saturated heterocycles. The van der Waals surface area contributed by atoms with Crippen LogP contribution in [0.25, 0.3) is 0 Å². The Morgan fingerprint density at radius 1 is 1.33 bits per heavy atom. The first-order valence-electron chi connectivity index (χ1n) is 6.50. The minimum Gasteiger partial charge on any atom is -0.310 e. The van der Waals surface area contributed by atoms with Crippen LogP contribution in [-0.4, -0.2) is 18.6 Å². The van der Waals surface area contributed by atoms with Crippen LogP contribution >= 0.6 is 11.8 Å². The predicted octanol–water partition coefficient (Wildman–Crippen LogP) is 3.74. The normalized spacial score (nSPS) is 12.1. The van der Waals surface area contributed by atoms with E-state index in [4.69, 9.17) is 5.26 Å². The molecule has 0 radical (unpaired) electrons. The summed E-state index contributed by atoms with van der Waals surface area (Å²) in [5.41, 5.74) is 1.93. The maximum atomic E-state index is 8.87. The molecule has 18 heavy (non-hydrogen) atoms. The fourth-order valence-electron chi connectivity index (χ4n) is 1.86. The molecule has 1 N–H and O–H groups in total. The second kappa shape index (κ2) is 9.02. The molecule has 0 aliphatic rings. The summed E-state index contributed by atoms with van der Waals surface area (Å²) in [6.45, 7) is 3.20. The Bertz CT molecular complexity index is 384. The van der Waals surface area contributed by atoms with E-state index in [0.717, 1.165) is 12.1 Å². The van der Waals surface area contributed by atoms with Crippen molar-refractivity contribution in [1.82, 2.24) is 5.32 Å². The Hall–Kier alpha value is -0.980. The molecular weight excluding hydrogens is 240 g/mol. The Balaban J connectivity index is 2.27. The molecule has 1 aromatic carbocycles. The first-order valence-corrected chi connectivity index (χ1v) is 7.89. The zero-order valence-electron chi connectivity index (χ0n) is 11.3. The summed E-state index contributed by atoms with van der Waals surface area (Å²) >= 11 is 1.92. The Kier molecular flexibility index (Phi) is 7.55. The standard InChI is InChI=1S/C15H22N2S/c1-13(17-9-4-3-5-10-18-2)15-8-6-7-14(11-15)12-16/h6-8,11,13,17H,3-5,9-10H2,1-2H3. The van der Waals surface area contributed by atoms with Crippen LogP contribution in [-0.2, 0) is 0 Å². The number of hydrogen-bond donors (Lipinski definition) is 1. The largest absolute Gasteiger partial charge is 0.310 e. The Labute approximate surface area is 115 Å². The van der Waals surface area contributed by atoms with Crippen molar-refractivity contribution in [3.8, 4) is 6.07 Å². The van der Waals surface area contributed by atoms with Gasteiger partial charge in [0, 0.05) is 6.04 Å². The Morgan fingerprint density at radius 2 is 2.17 bits per heavy atom. The molecule has 2 nitrogen and oxygen atoms in total. The molecule has 0 fully saturated rings. The van der Waals surface area contributed by atoms with Crippen LogP contribution in [0.3, 0.4) is 0 Å². The number of nitriles is 1. The van der Waals surface area contributed by atoms with Gasteiger partial charge in [-0.25, -0.2) is 0 Å². The number of rotatable bonds is 8. The lowest BCUT2D eigenvalue weighted by Crippen LogP contribution is -2.19. The number of hydrogen-bond acceptors (Lipinski definition) is 3. The van der Waals surface area contributed by atoms with Crippen LogP contribution in [0.15, 0.2) is 24.3 Å². The molecule has 0 heterocycles. The highest BCUT2D eigenvalue weighted by atomic mass is 32.2. The van der Waals surface area contributed by atoms with Crippen LogP contribution < -0.4 is 5.32 Å². The number of benzene rings is 1. The summed E-state index contributed by atoms with van der Waals surface area (Å²) in [4.78, 5) is 0. The molecule has 0 bridgehead atoms. The molecule has 1 unspecified atom stereocenters. The summed E-state index contributed by atoms with van der Waals surface area (Å²) in [6.07, 6.45) is 5.98. The second-order valence-corrected chi connectivity index (χ2v) is 5.45. The molecule has 0 aromatic heterocycles. The molecule has 1 rings (SSSR count). The van der Waals surface area contributed by atoms with Gasteiger partial charge in [0.25, 0.3) is 0 Å². The maximum absolute atomic E-state index is 8.87. The topological polar surface area (TPSA) is 35.8 Å². The minimum absolute atomic E-state index is 0.318. The SMILES string of the molecule is CSCCCCCNC(C)c1cccc(C#N)c1. The highest BCUT2D eigenvalue weighted by molar-refractivity contribution is 7.98. The van der Waals surface area contributed by atoms with Crippen molar-refractivity contribution in [3.05, 3.63) is 35.4 Å². The van der Waals surface area contributed by atoms with Gasteiger partial charge in [-0.3, -0.25) is 0 Å². The van der Waals surface area contributed by atoms with Gasteiger partial charge < -0.3 is 5.32 Å². The fourth-order valence-corrected chi connectivity index (χ4v) is 2.35. The van der Waals surface area contributed by atoms with Gasteiger partial charge in [0.05, 0.1) is 11.6 Å². The first kappa shape index (κ1) is 15.1. The van der Waals surface area contributed by atoms with Gasteiger partial charge in [-0.05, 0) is 56.0 Å². The summed E-state index contributed by atoms with van der Waals surface area (Å²) in [5, 5.41) is 12.4. The third-order valence-electron chi connectivity index (χ3n) is 2.99. The van der Waals surface area contributed by atoms with E-state index >= 15 is 0 Å². The van der Waals surface area contributed by atoms with Crippen molar-refractivity contribution >= 4 is 11.8 Å². The summed E-state index contributed by atoms with van der Waals surface area (Å²) in [7, 11) is 0. The van der Waals surface area contributed by atoms with E-state index in [1.807, 2.05) is 30.0 Å². The molecule has 98 valence electrons. The minimum atomic E-state index is 0.318. The number of thioether (sulfide) groups is 1. The van der Waals surface area contributed by atoms with Crippen molar-refractivity contribution in [3.63, 3.8) is 0 Å². The number of unbranched alkanes of at least 4 members (excludes halogenated alkanes) is 2. The first-order chi connectivity index (χ1) is 8.77. The molecule has 0 amide bonds. The molecule has 0 aliphatic heterocycles. The van der Waals surface area contributed by atoms with Crippen LogP contribution in [0, 0.1) is 11.3 Å². The van der Waals surface area contributed by atoms with Crippen LogP contribution in [0.5, 0.6) is 0 Å². The van der Waals surface area contributed by atoms with E-state index in [1.54, 1.807) is 0 Å². The van der Waals surface area contributed by atoms with E-state index in [-0.39, 0.29) is 0 Å². The monoisotopic (exact) mass is 262 g/mol. The highest BCUT2D eigenvalue weighted by Gasteiger charge is 2.04. The van der Waals surface area contributed by atoms with Crippen molar-refractivity contribution in [1.29, 1.82) is 5.26 Å². The third-order valence-corrected chi connectivity index (χ3v) is 3.69. The van der Waals surface area contributed by atoms with E-state index in [1.165, 1.54) is 30.6 Å². The van der Waals surface area contributed by atoms with Gasteiger partial charge in [-0.2, -0.15) is 17.0 Å². The molecule has 0 saturated carbocycles. The lowest BCUT2D eigenvalue weighted by Gasteiger charge is -2.14. The average Bonchev–Trinajstić information content (AvgIpc) is 2.42. The fraction of sp³-hybridized carbons (Fsp3) is 0.533. The van der Waals surface area contributed by atoms with E-state index < -0.39 is 0 Å². The third kappa shape index (κ3) is 5.57. The van der Waals surface area contributed by atoms with Crippen LogP contribution in [0.4, 0.5) is 0 Å². The van der Waals surface area contributed by atoms with Crippen molar-refractivity contribution in [2.75, 3.05) is 18.6 Å². The number of nitrogens with one attached hydrogen (secondary N) is 1. The number of nitrogens with zero attached hydrogens (tertiary/aromatic N) is 1. The molecular formula is C15H22N2S. The highest BCUT2D eigenvalue weighted by Crippen LogP contribution is 2.13. The quantitative estimate of drug-likeness (QED) is 0.725. The van der Waals surface area contributed by atoms with Gasteiger partial charge in [-0.1, -0.05) is 18.6 Å². The smallest absolute Gasteiger partial charge is 0.0991 e. The van der Waals surface area contributed by atoms with Gasteiger partial charge in [0.2, 0.25) is 0 Å². The van der Waals surface area contributed by atoms with Crippen LogP contribution in [0.1, 0.15) is 43.4 Å². The van der Waals surface area contributed by atoms with E-state index in [0.29, 0.717) is 6.04 Å². The Morgan fingerprint density at radius 3 is 2.89 bits per heavy atom. The van der Waals surface area contributed by atoms with Gasteiger partial charge >= 0.3 is 0 Å². The van der Waals surface area contributed by atoms with Gasteiger partial charge in [0.1, 0.15) is 0 Å². The molecule has 1 atom stereocenters. The summed E-state index contributed by atoms with van der Waals surface area (Å²) < 4.78 is 0. The zero-order valence-corrected chi connectivity index (χ0v) is 12.1. The lowest BCUT2D eigenvalue weighted by atomic mass is 10.1. The lowest BCUT2D eigenvalue weighted by molar-refractivity contribution is 0.544. The van der Waals surface area contributed by atoms with Gasteiger partial charge in [-0.15, -0.1) is 0 Å². The maximum Gasteiger partial charge on any atom is 0.0991 e. The molecule has 1 aromatic rings. The van der Waals surface area contributed by atoms with Gasteiger partial charge in [0.15, 0.2) is 0 Å². The summed E-state index contributed by atoms with van der Waals surface area (Å²) in [6, 6.07) is 10.3. The van der Waals surface area contributed by atoms with Crippen LogP contribution in [0.2, 0.25) is 0 Å². The summed E-state index contributed by atoms with van der Waals surface area (Å²) in [5.74, 6) is 1.26. The second-order valence-electron chi connectivity index (χ2n) is 4.47. The van der Waals surface area contributed by atoms with E-state index in [9.17, 15) is 0 Å². The molecule has 0 aliphatic carbocycles.